The number of hydrogen-bond donors (Lipinski definition) is 0. The topological polar surface area (TPSA) is 25.1 Å². The molecule has 0 N–H and O–H groups in total. The zero-order valence-corrected chi connectivity index (χ0v) is 8.63. The van der Waals surface area contributed by atoms with Crippen LogP contribution in [0.5, 0.6) is 0 Å². The van der Waals surface area contributed by atoms with Crippen LogP contribution in [0.1, 0.15) is 51.4 Å². The molecule has 0 unspecified atom stereocenters. The molecule has 14 heavy (non-hydrogen) atoms. The van der Waals surface area contributed by atoms with Crippen molar-refractivity contribution in [1.82, 2.24) is 0 Å². The highest BCUT2D eigenvalue weighted by Gasteiger charge is 2.89. The average Bonchev–Trinajstić information content (AvgIpc) is 2.90. The summed E-state index contributed by atoms with van der Waals surface area (Å²) in [6, 6.07) is 0. The summed E-state index contributed by atoms with van der Waals surface area (Å²) >= 11 is 0. The first-order valence-corrected chi connectivity index (χ1v) is 5.95. The molecular weight excluding hydrogens is 176 g/mol. The number of allylic oxidation sites excluding steroid dienone is 1. The van der Waals surface area contributed by atoms with E-state index in [1.54, 1.807) is 0 Å². The Morgan fingerprint density at radius 2 is 1.57 bits per heavy atom. The van der Waals surface area contributed by atoms with Crippen LogP contribution >= 0.6 is 0 Å². The van der Waals surface area contributed by atoms with Crippen LogP contribution in [0.4, 0.5) is 0 Å². The molecule has 0 amide bonds. The van der Waals surface area contributed by atoms with Gasteiger partial charge >= 0.3 is 0 Å². The third-order valence-electron chi connectivity index (χ3n) is 3.54. The molecule has 0 aromatic heterocycles. The molecule has 2 saturated heterocycles. The van der Waals surface area contributed by atoms with Crippen molar-refractivity contribution in [2.24, 2.45) is 0 Å². The van der Waals surface area contributed by atoms with E-state index in [1.807, 2.05) is 0 Å². The quantitative estimate of drug-likeness (QED) is 0.437. The Kier molecular flexibility index (Phi) is 1.96. The van der Waals surface area contributed by atoms with E-state index >= 15 is 0 Å². The highest BCUT2D eigenvalue weighted by Crippen LogP contribution is 2.70. The first kappa shape index (κ1) is 8.93. The lowest BCUT2D eigenvalue weighted by atomic mass is 10.0. The first-order chi connectivity index (χ1) is 6.87. The molecule has 1 aliphatic carbocycles. The van der Waals surface area contributed by atoms with E-state index in [4.69, 9.17) is 9.47 Å². The fourth-order valence-electron chi connectivity index (χ4n) is 2.48. The molecule has 0 saturated carbocycles. The molecule has 0 radical (unpaired) electrons. The largest absolute Gasteiger partial charge is 0.303 e. The van der Waals surface area contributed by atoms with Gasteiger partial charge in [-0.05, 0) is 25.3 Å². The predicted octanol–water partition coefficient (Wildman–Crippen LogP) is 3.13. The van der Waals surface area contributed by atoms with Gasteiger partial charge in [-0.2, -0.15) is 0 Å². The molecule has 2 fully saturated rings. The van der Waals surface area contributed by atoms with Gasteiger partial charge in [0.05, 0.1) is 0 Å². The summed E-state index contributed by atoms with van der Waals surface area (Å²) in [7, 11) is 0. The summed E-state index contributed by atoms with van der Waals surface area (Å²) in [5.74, 6) is -0.394. The summed E-state index contributed by atoms with van der Waals surface area (Å²) < 4.78 is 11.2. The minimum absolute atomic E-state index is 0.150. The zero-order valence-electron chi connectivity index (χ0n) is 8.63. The highest BCUT2D eigenvalue weighted by molar-refractivity contribution is 5.27. The highest BCUT2D eigenvalue weighted by atomic mass is 17.0. The SMILES string of the molecule is C1=C\C23OC2(CCCCCCCC/1)O3. The van der Waals surface area contributed by atoms with Crippen LogP contribution in [-0.2, 0) is 9.47 Å². The van der Waals surface area contributed by atoms with Gasteiger partial charge in [-0.1, -0.05) is 31.8 Å². The molecule has 2 nitrogen and oxygen atoms in total. The van der Waals surface area contributed by atoms with Gasteiger partial charge in [-0.25, -0.2) is 0 Å². The van der Waals surface area contributed by atoms with E-state index in [-0.39, 0.29) is 11.6 Å². The van der Waals surface area contributed by atoms with Crippen molar-refractivity contribution < 1.29 is 9.47 Å². The van der Waals surface area contributed by atoms with Crippen molar-refractivity contribution in [2.45, 2.75) is 62.9 Å². The first-order valence-electron chi connectivity index (χ1n) is 5.95. The summed E-state index contributed by atoms with van der Waals surface area (Å²) in [5.41, 5.74) is 0. The van der Waals surface area contributed by atoms with E-state index in [2.05, 4.69) is 12.2 Å². The fraction of sp³-hybridized carbons (Fsp3) is 0.833. The van der Waals surface area contributed by atoms with Gasteiger partial charge in [0.15, 0.2) is 0 Å². The van der Waals surface area contributed by atoms with Crippen molar-refractivity contribution in [2.75, 3.05) is 0 Å². The van der Waals surface area contributed by atoms with Gasteiger partial charge in [-0.15, -0.1) is 0 Å². The molecule has 2 aliphatic heterocycles. The second kappa shape index (κ2) is 3.07. The molecule has 0 spiro atoms. The maximum Gasteiger partial charge on any atom is 0.249 e. The number of hydrogen-bond acceptors (Lipinski definition) is 2. The van der Waals surface area contributed by atoms with E-state index in [0.717, 1.165) is 6.42 Å². The van der Waals surface area contributed by atoms with Crippen LogP contribution in [-0.4, -0.2) is 11.6 Å². The van der Waals surface area contributed by atoms with Crippen LogP contribution in [0.2, 0.25) is 0 Å². The van der Waals surface area contributed by atoms with Crippen molar-refractivity contribution in [3.8, 4) is 0 Å². The minimum Gasteiger partial charge on any atom is -0.303 e. The predicted molar refractivity (Wildman–Crippen MR) is 53.7 cm³/mol. The average molecular weight is 194 g/mol. The summed E-state index contributed by atoms with van der Waals surface area (Å²) in [4.78, 5) is 0. The Morgan fingerprint density at radius 1 is 0.857 bits per heavy atom. The standard InChI is InChI=1S/C12H18O2/c1-2-4-6-8-10-12-11(13-12,14-12)9-7-5-3-1/h7,9H,1-6,8,10H2/b9-7-. The molecule has 78 valence electrons. The van der Waals surface area contributed by atoms with Gasteiger partial charge in [-0.3, -0.25) is 0 Å². The van der Waals surface area contributed by atoms with Crippen LogP contribution in [0, 0.1) is 0 Å². The van der Waals surface area contributed by atoms with Crippen LogP contribution < -0.4 is 0 Å². The van der Waals surface area contributed by atoms with Gasteiger partial charge in [0.25, 0.3) is 0 Å². The smallest absolute Gasteiger partial charge is 0.249 e. The maximum absolute atomic E-state index is 5.59. The molecule has 2 heterocycles. The lowest BCUT2D eigenvalue weighted by Crippen LogP contribution is -1.97. The van der Waals surface area contributed by atoms with E-state index in [0.29, 0.717) is 0 Å². The third-order valence-corrected chi connectivity index (χ3v) is 3.54. The fourth-order valence-corrected chi connectivity index (χ4v) is 2.48. The molecular formula is C12H18O2. The van der Waals surface area contributed by atoms with Crippen molar-refractivity contribution in [1.29, 1.82) is 0 Å². The van der Waals surface area contributed by atoms with Crippen LogP contribution in [0.25, 0.3) is 0 Å². The Labute approximate surface area is 85.3 Å². The van der Waals surface area contributed by atoms with E-state index in [9.17, 15) is 0 Å². The van der Waals surface area contributed by atoms with Gasteiger partial charge in [0.1, 0.15) is 0 Å². The molecule has 0 aromatic carbocycles. The van der Waals surface area contributed by atoms with Gasteiger partial charge < -0.3 is 9.47 Å². The van der Waals surface area contributed by atoms with Gasteiger partial charge in [0.2, 0.25) is 11.6 Å². The molecule has 0 bridgehead atoms. The maximum atomic E-state index is 5.59. The molecule has 3 aliphatic rings. The van der Waals surface area contributed by atoms with Gasteiger partial charge in [0, 0.05) is 6.42 Å². The Bertz CT molecular complexity index is 251. The molecule has 0 atom stereocenters. The molecule has 0 aromatic rings. The Hall–Kier alpha value is -0.340. The van der Waals surface area contributed by atoms with Crippen molar-refractivity contribution in [3.05, 3.63) is 12.2 Å². The van der Waals surface area contributed by atoms with E-state index in [1.165, 1.54) is 44.9 Å². The van der Waals surface area contributed by atoms with E-state index < -0.39 is 0 Å². The zero-order chi connectivity index (χ0) is 9.49. The lowest BCUT2D eigenvalue weighted by molar-refractivity contribution is -0.0815. The van der Waals surface area contributed by atoms with Crippen LogP contribution in [0.3, 0.4) is 0 Å². The second-order valence-corrected chi connectivity index (χ2v) is 4.69. The summed E-state index contributed by atoms with van der Waals surface area (Å²) in [6.07, 6.45) is 14.7. The monoisotopic (exact) mass is 194 g/mol. The number of rotatable bonds is 0. The molecule has 3 rings (SSSR count). The number of epoxide rings is 2. The van der Waals surface area contributed by atoms with Crippen LogP contribution in [0.15, 0.2) is 12.2 Å². The summed E-state index contributed by atoms with van der Waals surface area (Å²) in [5, 5.41) is 0. The lowest BCUT2D eigenvalue weighted by Gasteiger charge is -2.01. The van der Waals surface area contributed by atoms with Crippen molar-refractivity contribution >= 4 is 0 Å². The normalized spacial score (nSPS) is 49.1. The summed E-state index contributed by atoms with van der Waals surface area (Å²) in [6.45, 7) is 0. The Morgan fingerprint density at radius 3 is 2.43 bits per heavy atom. The number of ether oxygens (including phenoxy) is 2. The van der Waals surface area contributed by atoms with Crippen molar-refractivity contribution in [3.63, 3.8) is 0 Å². The third kappa shape index (κ3) is 1.32. The Balaban J connectivity index is 1.60. The second-order valence-electron chi connectivity index (χ2n) is 4.69. The minimum atomic E-state index is -0.244. The molecule has 2 heteroatoms.